The molecule has 0 heterocycles. The van der Waals surface area contributed by atoms with Crippen LogP contribution in [0.3, 0.4) is 0 Å². The molecular weight excluding hydrogens is 629 g/mol. The number of aliphatic hydroxyl groups excluding tert-OH is 6. The van der Waals surface area contributed by atoms with Crippen LogP contribution >= 0.6 is 7.82 Å². The second-order valence-corrected chi connectivity index (χ2v) is 14.5. The Bertz CT molecular complexity index is 863. The van der Waals surface area contributed by atoms with Crippen molar-refractivity contribution < 1.29 is 53.9 Å². The van der Waals surface area contributed by atoms with Crippen LogP contribution in [-0.4, -0.2) is 96.8 Å². The molecule has 0 aromatic carbocycles. The van der Waals surface area contributed by atoms with E-state index in [0.717, 1.165) is 44.9 Å². The van der Waals surface area contributed by atoms with Gasteiger partial charge < -0.3 is 40.8 Å². The van der Waals surface area contributed by atoms with Crippen LogP contribution in [0.5, 0.6) is 0 Å². The lowest BCUT2D eigenvalue weighted by Gasteiger charge is -2.41. The fourth-order valence-electron chi connectivity index (χ4n) is 5.72. The first kappa shape index (κ1) is 44.1. The number of hydrogen-bond donors (Lipinski definition) is 8. The van der Waals surface area contributed by atoms with Crippen molar-refractivity contribution in [2.75, 3.05) is 6.61 Å². The number of nitrogens with one attached hydrogen (secondary N) is 1. The first-order chi connectivity index (χ1) is 22.4. The average Bonchev–Trinajstić information content (AvgIpc) is 3.04. The van der Waals surface area contributed by atoms with E-state index in [1.807, 2.05) is 0 Å². The summed E-state index contributed by atoms with van der Waals surface area (Å²) in [6.45, 7) is 3.74. The van der Waals surface area contributed by atoms with E-state index < -0.39 is 63.2 Å². The summed E-state index contributed by atoms with van der Waals surface area (Å²) in [6, 6.07) is -1.11. The number of phosphoric acid groups is 1. The van der Waals surface area contributed by atoms with E-state index in [1.165, 1.54) is 76.7 Å². The largest absolute Gasteiger partial charge is 0.472 e. The van der Waals surface area contributed by atoms with Gasteiger partial charge in [0.1, 0.15) is 36.6 Å². The maximum Gasteiger partial charge on any atom is 0.472 e. The van der Waals surface area contributed by atoms with Crippen molar-refractivity contribution in [3.8, 4) is 0 Å². The summed E-state index contributed by atoms with van der Waals surface area (Å²) >= 11 is 0. The van der Waals surface area contributed by atoms with E-state index in [1.54, 1.807) is 6.08 Å². The molecule has 12 nitrogen and oxygen atoms in total. The Balaban J connectivity index is 2.65. The quantitative estimate of drug-likeness (QED) is 0.0324. The number of hydrogen-bond acceptors (Lipinski definition) is 10. The number of aliphatic hydroxyl groups is 6. The summed E-state index contributed by atoms with van der Waals surface area (Å²) in [7, 11) is -5.06. The van der Waals surface area contributed by atoms with Crippen LogP contribution in [0.15, 0.2) is 12.2 Å². The molecule has 1 aliphatic carbocycles. The Labute approximate surface area is 282 Å². The minimum absolute atomic E-state index is 0.216. The van der Waals surface area contributed by atoms with Gasteiger partial charge in [0.05, 0.1) is 18.8 Å². The van der Waals surface area contributed by atoms with Gasteiger partial charge in [-0.3, -0.25) is 13.8 Å². The standard InChI is InChI=1S/C34H66NO11P/c1-3-5-7-9-11-13-15-17-19-21-23-27(36)26(35-28(37)24-22-20-18-16-14-12-10-8-6-4-2)25-45-47(43,44)46-34-32(41)30(39)29(38)31(40)33(34)42/h21,23,26-27,29-34,36,38-42H,3-20,22,24-25H2,1-2H3,(H,35,37)(H,43,44)/b23-21+/t26-,27+,29?,30+,31?,32?,33?,34?/m0/s1. The number of unbranched alkanes of at least 4 members (excludes halogenated alkanes) is 17. The summed E-state index contributed by atoms with van der Waals surface area (Å²) in [5.41, 5.74) is 0. The van der Waals surface area contributed by atoms with Gasteiger partial charge in [-0.1, -0.05) is 129 Å². The molecule has 278 valence electrons. The molecule has 1 fully saturated rings. The molecule has 0 bridgehead atoms. The third kappa shape index (κ3) is 19.2. The Morgan fingerprint density at radius 2 is 1.13 bits per heavy atom. The first-order valence-electron chi connectivity index (χ1n) is 18.1. The highest BCUT2D eigenvalue weighted by atomic mass is 31.2. The van der Waals surface area contributed by atoms with Gasteiger partial charge in [-0.2, -0.15) is 0 Å². The molecule has 6 unspecified atom stereocenters. The van der Waals surface area contributed by atoms with Crippen molar-refractivity contribution in [2.45, 2.75) is 191 Å². The third-order valence-corrected chi connectivity index (χ3v) is 9.80. The normalized spacial score (nSPS) is 25.9. The van der Waals surface area contributed by atoms with E-state index in [4.69, 9.17) is 9.05 Å². The van der Waals surface area contributed by atoms with Gasteiger partial charge in [0.25, 0.3) is 0 Å². The van der Waals surface area contributed by atoms with Gasteiger partial charge in [-0.25, -0.2) is 4.57 Å². The van der Waals surface area contributed by atoms with Crippen molar-refractivity contribution in [2.24, 2.45) is 0 Å². The van der Waals surface area contributed by atoms with Gasteiger partial charge in [0.15, 0.2) is 0 Å². The van der Waals surface area contributed by atoms with Crippen molar-refractivity contribution in [3.63, 3.8) is 0 Å². The molecule has 0 aromatic rings. The van der Waals surface area contributed by atoms with Crippen LogP contribution in [0.2, 0.25) is 0 Å². The number of rotatable bonds is 28. The summed E-state index contributed by atoms with van der Waals surface area (Å²) in [5.74, 6) is -0.347. The molecule has 9 atom stereocenters. The Morgan fingerprint density at radius 1 is 0.702 bits per heavy atom. The maximum atomic E-state index is 12.8. The summed E-state index contributed by atoms with van der Waals surface area (Å²) in [5, 5.41) is 63.4. The molecule has 0 saturated heterocycles. The summed E-state index contributed by atoms with van der Waals surface area (Å²) in [4.78, 5) is 23.1. The van der Waals surface area contributed by atoms with E-state index in [-0.39, 0.29) is 12.3 Å². The van der Waals surface area contributed by atoms with Gasteiger partial charge in [0.2, 0.25) is 5.91 Å². The van der Waals surface area contributed by atoms with E-state index >= 15 is 0 Å². The van der Waals surface area contributed by atoms with Crippen LogP contribution in [-0.2, 0) is 18.4 Å². The van der Waals surface area contributed by atoms with Crippen LogP contribution in [0.1, 0.15) is 142 Å². The first-order valence-corrected chi connectivity index (χ1v) is 19.6. The van der Waals surface area contributed by atoms with Gasteiger partial charge in [-0.15, -0.1) is 0 Å². The molecule has 1 rings (SSSR count). The molecule has 1 amide bonds. The highest BCUT2D eigenvalue weighted by molar-refractivity contribution is 7.47. The van der Waals surface area contributed by atoms with Crippen LogP contribution in [0.25, 0.3) is 0 Å². The second kappa shape index (κ2) is 26.0. The van der Waals surface area contributed by atoms with E-state index in [9.17, 15) is 44.9 Å². The molecule has 13 heteroatoms. The van der Waals surface area contributed by atoms with Crippen molar-refractivity contribution in [3.05, 3.63) is 12.2 Å². The zero-order valence-corrected chi connectivity index (χ0v) is 29.7. The molecular formula is C34H66NO11P. The molecule has 0 spiro atoms. The van der Waals surface area contributed by atoms with Gasteiger partial charge in [0, 0.05) is 6.42 Å². The topological polar surface area (TPSA) is 206 Å². The van der Waals surface area contributed by atoms with Gasteiger partial charge in [-0.05, 0) is 19.3 Å². The minimum atomic E-state index is -5.06. The van der Waals surface area contributed by atoms with E-state index in [0.29, 0.717) is 6.42 Å². The zero-order chi connectivity index (χ0) is 35.1. The van der Waals surface area contributed by atoms with E-state index in [2.05, 4.69) is 19.2 Å². The Morgan fingerprint density at radius 3 is 1.62 bits per heavy atom. The lowest BCUT2D eigenvalue weighted by molar-refractivity contribution is -0.220. The van der Waals surface area contributed by atoms with Crippen molar-refractivity contribution >= 4 is 13.7 Å². The lowest BCUT2D eigenvalue weighted by Crippen LogP contribution is -2.64. The van der Waals surface area contributed by atoms with Crippen LogP contribution in [0, 0.1) is 0 Å². The molecule has 0 radical (unpaired) electrons. The average molecular weight is 696 g/mol. The molecule has 0 aliphatic heterocycles. The third-order valence-electron chi connectivity index (χ3n) is 8.82. The minimum Gasteiger partial charge on any atom is -0.387 e. The number of carbonyl (C=O) groups is 1. The monoisotopic (exact) mass is 695 g/mol. The number of carbonyl (C=O) groups excluding carboxylic acids is 1. The Kier molecular flexibility index (Phi) is 24.4. The smallest absolute Gasteiger partial charge is 0.387 e. The summed E-state index contributed by atoms with van der Waals surface area (Å²) in [6.07, 6.45) is 11.7. The molecule has 47 heavy (non-hydrogen) atoms. The highest BCUT2D eigenvalue weighted by Crippen LogP contribution is 2.47. The zero-order valence-electron chi connectivity index (χ0n) is 28.8. The van der Waals surface area contributed by atoms with Gasteiger partial charge >= 0.3 is 7.82 Å². The molecule has 1 saturated carbocycles. The predicted molar refractivity (Wildman–Crippen MR) is 181 cm³/mol. The van der Waals surface area contributed by atoms with Crippen LogP contribution in [0.4, 0.5) is 0 Å². The molecule has 8 N–H and O–H groups in total. The Hall–Kier alpha value is -0.920. The molecule has 1 aliphatic rings. The predicted octanol–water partition coefficient (Wildman–Crippen LogP) is 4.55. The SMILES string of the molecule is CCCCCCCCCC/C=C/[C@@H](O)[C@H](COP(=O)(O)OC1C(O)C(O)C(O)[C@@H](O)C1O)NC(=O)CCCCCCCCCCCC. The second-order valence-electron chi connectivity index (χ2n) is 13.1. The lowest BCUT2D eigenvalue weighted by atomic mass is 9.85. The highest BCUT2D eigenvalue weighted by Gasteiger charge is 2.51. The summed E-state index contributed by atoms with van der Waals surface area (Å²) < 4.78 is 22.7. The number of phosphoric ester groups is 1. The number of allylic oxidation sites excluding steroid dienone is 1. The van der Waals surface area contributed by atoms with Crippen molar-refractivity contribution in [1.29, 1.82) is 0 Å². The van der Waals surface area contributed by atoms with Crippen LogP contribution < -0.4 is 5.32 Å². The van der Waals surface area contributed by atoms with Crippen molar-refractivity contribution in [1.82, 2.24) is 5.32 Å². The maximum absolute atomic E-state index is 12.8. The fourth-order valence-corrected chi connectivity index (χ4v) is 6.69. The number of amides is 1. The fraction of sp³-hybridized carbons (Fsp3) is 0.912. The molecule has 0 aromatic heterocycles.